The number of hydrogen-bond acceptors (Lipinski definition) is 5. The first-order valence-corrected chi connectivity index (χ1v) is 9.64. The monoisotopic (exact) mass is 363 g/mol. The molecule has 1 aromatic heterocycles. The van der Waals surface area contributed by atoms with Crippen LogP contribution in [0.2, 0.25) is 0 Å². The van der Waals surface area contributed by atoms with E-state index in [-0.39, 0.29) is 5.97 Å². The molecular formula is C19H29N3O4. The number of piperidine rings is 1. The van der Waals surface area contributed by atoms with Gasteiger partial charge in [-0.1, -0.05) is 6.92 Å². The Labute approximate surface area is 154 Å². The fourth-order valence-electron chi connectivity index (χ4n) is 4.66. The maximum absolute atomic E-state index is 12.0. The van der Waals surface area contributed by atoms with Gasteiger partial charge in [0.05, 0.1) is 19.1 Å². The van der Waals surface area contributed by atoms with Gasteiger partial charge in [-0.3, -0.25) is 4.79 Å². The molecule has 0 aromatic carbocycles. The van der Waals surface area contributed by atoms with Gasteiger partial charge in [0.15, 0.2) is 0 Å². The molecule has 0 spiro atoms. The Morgan fingerprint density at radius 3 is 2.88 bits per heavy atom. The molecule has 2 aliphatic rings. The predicted molar refractivity (Wildman–Crippen MR) is 95.8 cm³/mol. The smallest absolute Gasteiger partial charge is 0.356 e. The molecule has 0 amide bonds. The third-order valence-electron chi connectivity index (χ3n) is 6.23. The SMILES string of the molecule is CCOC(=O)c1cncn1C[C@H]1CC[C@H]2CN[C@](CC)(C(=O)O)C[C@H]2C1. The Kier molecular flexibility index (Phi) is 5.65. The molecule has 7 heteroatoms. The highest BCUT2D eigenvalue weighted by molar-refractivity contribution is 5.87. The van der Waals surface area contributed by atoms with Gasteiger partial charge in [0, 0.05) is 6.54 Å². The highest BCUT2D eigenvalue weighted by Crippen LogP contribution is 2.42. The van der Waals surface area contributed by atoms with E-state index in [1.54, 1.807) is 19.4 Å². The van der Waals surface area contributed by atoms with E-state index < -0.39 is 11.5 Å². The van der Waals surface area contributed by atoms with Gasteiger partial charge in [0.2, 0.25) is 0 Å². The van der Waals surface area contributed by atoms with Gasteiger partial charge in [-0.2, -0.15) is 0 Å². The van der Waals surface area contributed by atoms with Gasteiger partial charge in [-0.05, 0) is 63.3 Å². The van der Waals surface area contributed by atoms with Crippen molar-refractivity contribution in [3.8, 4) is 0 Å². The molecule has 0 unspecified atom stereocenters. The van der Waals surface area contributed by atoms with E-state index in [1.807, 2.05) is 11.5 Å². The molecule has 0 radical (unpaired) electrons. The van der Waals surface area contributed by atoms with Crippen molar-refractivity contribution in [1.82, 2.24) is 14.9 Å². The summed E-state index contributed by atoms with van der Waals surface area (Å²) in [5.41, 5.74) is -0.290. The number of ether oxygens (including phenoxy) is 1. The summed E-state index contributed by atoms with van der Waals surface area (Å²) in [6.07, 6.45) is 7.73. The molecule has 2 N–H and O–H groups in total. The topological polar surface area (TPSA) is 93.5 Å². The molecular weight excluding hydrogens is 334 g/mol. The number of imidazole rings is 1. The minimum absolute atomic E-state index is 0.337. The van der Waals surface area contributed by atoms with Crippen LogP contribution in [0.4, 0.5) is 0 Å². The van der Waals surface area contributed by atoms with Crippen LogP contribution in [0.3, 0.4) is 0 Å². The average Bonchev–Trinajstić information content (AvgIpc) is 3.09. The number of carboxylic acids is 1. The molecule has 144 valence electrons. The van der Waals surface area contributed by atoms with Crippen LogP contribution in [-0.4, -0.2) is 45.3 Å². The van der Waals surface area contributed by atoms with E-state index in [0.717, 1.165) is 32.4 Å². The second-order valence-corrected chi connectivity index (χ2v) is 7.68. The highest BCUT2D eigenvalue weighted by Gasteiger charge is 2.46. The second kappa shape index (κ2) is 7.78. The van der Waals surface area contributed by atoms with Crippen molar-refractivity contribution in [2.75, 3.05) is 13.2 Å². The molecule has 0 bridgehead atoms. The second-order valence-electron chi connectivity index (χ2n) is 7.68. The van der Waals surface area contributed by atoms with Crippen LogP contribution >= 0.6 is 0 Å². The number of carbonyl (C=O) groups is 2. The maximum Gasteiger partial charge on any atom is 0.356 e. The van der Waals surface area contributed by atoms with Crippen LogP contribution in [0.15, 0.2) is 12.5 Å². The van der Waals surface area contributed by atoms with Gasteiger partial charge in [0.1, 0.15) is 11.2 Å². The lowest BCUT2D eigenvalue weighted by atomic mass is 9.66. The van der Waals surface area contributed by atoms with Crippen molar-refractivity contribution >= 4 is 11.9 Å². The van der Waals surface area contributed by atoms with Crippen LogP contribution in [0.25, 0.3) is 0 Å². The van der Waals surface area contributed by atoms with E-state index in [0.29, 0.717) is 42.9 Å². The van der Waals surface area contributed by atoms with Crippen molar-refractivity contribution in [3.05, 3.63) is 18.2 Å². The van der Waals surface area contributed by atoms with Gasteiger partial charge in [-0.25, -0.2) is 9.78 Å². The number of carbonyl (C=O) groups excluding carboxylic acids is 1. The minimum atomic E-state index is -0.784. The zero-order chi connectivity index (χ0) is 18.7. The number of nitrogens with zero attached hydrogens (tertiary/aromatic N) is 2. The van der Waals surface area contributed by atoms with Gasteiger partial charge in [0.25, 0.3) is 0 Å². The average molecular weight is 363 g/mol. The molecule has 2 fully saturated rings. The molecule has 2 heterocycles. The standard InChI is InChI=1S/C19H29N3O4/c1-3-19(18(24)25)8-15-7-13(5-6-14(15)9-21-19)11-22-12-20-10-16(22)17(23)26-4-2/h10,12-15,21H,3-9,11H2,1-2H3,(H,24,25)/t13-,14-,15+,19-/m0/s1. The summed E-state index contributed by atoms with van der Waals surface area (Å²) < 4.78 is 6.98. The number of esters is 1. The van der Waals surface area contributed by atoms with Crippen molar-refractivity contribution in [3.63, 3.8) is 0 Å². The molecule has 1 aromatic rings. The summed E-state index contributed by atoms with van der Waals surface area (Å²) in [4.78, 5) is 27.9. The summed E-state index contributed by atoms with van der Waals surface area (Å²) in [7, 11) is 0. The normalized spacial score (nSPS) is 31.2. The maximum atomic E-state index is 12.0. The highest BCUT2D eigenvalue weighted by atomic mass is 16.5. The number of fused-ring (bicyclic) bond motifs is 1. The zero-order valence-corrected chi connectivity index (χ0v) is 15.6. The van der Waals surface area contributed by atoms with E-state index in [9.17, 15) is 14.7 Å². The van der Waals surface area contributed by atoms with E-state index >= 15 is 0 Å². The van der Waals surface area contributed by atoms with Crippen LogP contribution < -0.4 is 5.32 Å². The van der Waals surface area contributed by atoms with Crippen LogP contribution in [-0.2, 0) is 16.1 Å². The van der Waals surface area contributed by atoms with Crippen molar-refractivity contribution < 1.29 is 19.4 Å². The van der Waals surface area contributed by atoms with Gasteiger partial charge >= 0.3 is 11.9 Å². The first-order chi connectivity index (χ1) is 12.5. The predicted octanol–water partition coefficient (Wildman–Crippen LogP) is 2.32. The summed E-state index contributed by atoms with van der Waals surface area (Å²) in [5, 5.41) is 13.0. The lowest BCUT2D eigenvalue weighted by molar-refractivity contribution is -0.148. The van der Waals surface area contributed by atoms with Crippen molar-refractivity contribution in [2.24, 2.45) is 17.8 Å². The fraction of sp³-hybridized carbons (Fsp3) is 0.737. The van der Waals surface area contributed by atoms with Crippen LogP contribution in [0, 0.1) is 17.8 Å². The molecule has 4 atom stereocenters. The van der Waals surface area contributed by atoms with Gasteiger partial charge in [-0.15, -0.1) is 0 Å². The lowest BCUT2D eigenvalue weighted by Crippen LogP contribution is -2.59. The molecule has 1 aliphatic carbocycles. The number of aliphatic carboxylic acids is 1. The summed E-state index contributed by atoms with van der Waals surface area (Å²) in [5.74, 6) is 0.328. The molecule has 26 heavy (non-hydrogen) atoms. The molecule has 7 nitrogen and oxygen atoms in total. The summed E-state index contributed by atoms with van der Waals surface area (Å²) >= 11 is 0. The van der Waals surface area contributed by atoms with E-state index in [1.165, 1.54) is 0 Å². The Hall–Kier alpha value is -1.89. The Balaban J connectivity index is 1.67. The van der Waals surface area contributed by atoms with Gasteiger partial charge < -0.3 is 19.7 Å². The molecule has 3 rings (SSSR count). The number of carboxylic acid groups (broad SMARTS) is 1. The number of hydrogen-bond donors (Lipinski definition) is 2. The Morgan fingerprint density at radius 1 is 1.38 bits per heavy atom. The molecule has 1 saturated heterocycles. The quantitative estimate of drug-likeness (QED) is 0.754. The zero-order valence-electron chi connectivity index (χ0n) is 15.6. The number of rotatable bonds is 6. The summed E-state index contributed by atoms with van der Waals surface area (Å²) in [6.45, 7) is 5.60. The third-order valence-corrected chi connectivity index (χ3v) is 6.23. The number of aromatic nitrogens is 2. The third kappa shape index (κ3) is 3.63. The summed E-state index contributed by atoms with van der Waals surface area (Å²) in [6, 6.07) is 0. The van der Waals surface area contributed by atoms with E-state index in [4.69, 9.17) is 4.74 Å². The lowest BCUT2D eigenvalue weighted by Gasteiger charge is -2.46. The van der Waals surface area contributed by atoms with Crippen LogP contribution in [0.5, 0.6) is 0 Å². The first kappa shape index (κ1) is 18.9. The molecule has 1 saturated carbocycles. The Morgan fingerprint density at radius 2 is 2.19 bits per heavy atom. The molecule has 1 aliphatic heterocycles. The van der Waals surface area contributed by atoms with Crippen molar-refractivity contribution in [2.45, 2.75) is 58.0 Å². The first-order valence-electron chi connectivity index (χ1n) is 9.64. The minimum Gasteiger partial charge on any atom is -0.480 e. The van der Waals surface area contributed by atoms with Crippen molar-refractivity contribution in [1.29, 1.82) is 0 Å². The largest absolute Gasteiger partial charge is 0.480 e. The Bertz CT molecular complexity index is 659. The fourth-order valence-corrected chi connectivity index (χ4v) is 4.66. The number of nitrogens with one attached hydrogen (secondary N) is 1. The van der Waals surface area contributed by atoms with Crippen LogP contribution in [0.1, 0.15) is 56.4 Å². The van der Waals surface area contributed by atoms with E-state index in [2.05, 4.69) is 10.3 Å².